The summed E-state index contributed by atoms with van der Waals surface area (Å²) in [6, 6.07) is 3.22. The van der Waals surface area contributed by atoms with E-state index in [0.29, 0.717) is 17.7 Å². The average Bonchev–Trinajstić information content (AvgIpc) is 2.05. The molecule has 0 aliphatic carbocycles. The van der Waals surface area contributed by atoms with Crippen molar-refractivity contribution in [1.29, 1.82) is 0 Å². The van der Waals surface area contributed by atoms with E-state index in [1.54, 1.807) is 12.1 Å². The van der Waals surface area contributed by atoms with E-state index in [1.807, 2.05) is 0 Å². The second-order valence-electron chi connectivity index (χ2n) is 1.65. The maximum atomic E-state index is 10.1. The van der Waals surface area contributed by atoms with Crippen LogP contribution < -0.4 is 4.52 Å². The first-order chi connectivity index (χ1) is 4.86. The van der Waals surface area contributed by atoms with E-state index in [2.05, 4.69) is 14.5 Å². The molecule has 52 valence electrons. The van der Waals surface area contributed by atoms with E-state index in [1.165, 1.54) is 6.20 Å². The monoisotopic (exact) mass is 155 g/mol. The highest BCUT2D eigenvalue weighted by molar-refractivity contribution is 7.10. The number of carbonyl (C=O) groups excluding carboxylic acids is 1. The number of hydrogen-bond acceptors (Lipinski definition) is 3. The first-order valence-corrected chi connectivity index (χ1v) is 3.12. The third-order valence-corrected chi connectivity index (χ3v) is 1.28. The summed E-state index contributed by atoms with van der Waals surface area (Å²) in [4.78, 5) is 13.9. The molecule has 3 nitrogen and oxygen atoms in total. The van der Waals surface area contributed by atoms with Gasteiger partial charge in [0, 0.05) is 12.3 Å². The van der Waals surface area contributed by atoms with Crippen LogP contribution >= 0.6 is 9.47 Å². The zero-order chi connectivity index (χ0) is 7.40. The van der Waals surface area contributed by atoms with Crippen LogP contribution in [0.15, 0.2) is 18.3 Å². The molecule has 4 heteroatoms. The molecular weight excluding hydrogens is 149 g/mol. The minimum absolute atomic E-state index is 0.375. The minimum atomic E-state index is 0.375. The number of pyridine rings is 1. The predicted molar refractivity (Wildman–Crippen MR) is 40.0 cm³/mol. The van der Waals surface area contributed by atoms with Crippen LogP contribution in [0.4, 0.5) is 0 Å². The largest absolute Gasteiger partial charge is 0.480 e. The third kappa shape index (κ3) is 1.52. The lowest BCUT2D eigenvalue weighted by Gasteiger charge is -1.96. The van der Waals surface area contributed by atoms with E-state index in [9.17, 15) is 4.79 Å². The molecule has 10 heavy (non-hydrogen) atoms. The van der Waals surface area contributed by atoms with Gasteiger partial charge in [0.15, 0.2) is 6.29 Å². The van der Waals surface area contributed by atoms with Gasteiger partial charge in [-0.1, -0.05) is 0 Å². The van der Waals surface area contributed by atoms with Crippen molar-refractivity contribution in [3.63, 3.8) is 0 Å². The molecule has 1 unspecified atom stereocenters. The van der Waals surface area contributed by atoms with Crippen LogP contribution in [0.5, 0.6) is 5.75 Å². The molecule has 1 rings (SSSR count). The van der Waals surface area contributed by atoms with Crippen molar-refractivity contribution in [2.75, 3.05) is 0 Å². The Kier molecular flexibility index (Phi) is 2.35. The van der Waals surface area contributed by atoms with Crippen molar-refractivity contribution in [2.24, 2.45) is 0 Å². The van der Waals surface area contributed by atoms with Gasteiger partial charge in [0.1, 0.15) is 11.4 Å². The quantitative estimate of drug-likeness (QED) is 0.473. The van der Waals surface area contributed by atoms with Crippen molar-refractivity contribution in [2.45, 2.75) is 0 Å². The van der Waals surface area contributed by atoms with Crippen molar-refractivity contribution >= 4 is 15.8 Å². The number of carbonyl (C=O) groups is 1. The fourth-order valence-electron chi connectivity index (χ4n) is 0.566. The fourth-order valence-corrected chi connectivity index (χ4v) is 0.712. The lowest BCUT2D eigenvalue weighted by atomic mass is 10.3. The highest BCUT2D eigenvalue weighted by Gasteiger charge is 1.92. The Balaban J connectivity index is 2.98. The molecule has 1 atom stereocenters. The minimum Gasteiger partial charge on any atom is -0.480 e. The molecular formula is C6H6NO2P. The zero-order valence-corrected chi connectivity index (χ0v) is 6.31. The first kappa shape index (κ1) is 7.16. The Hall–Kier alpha value is -0.950. The van der Waals surface area contributed by atoms with Gasteiger partial charge in [-0.3, -0.25) is 9.78 Å². The van der Waals surface area contributed by atoms with E-state index >= 15 is 0 Å². The Morgan fingerprint density at radius 3 is 3.10 bits per heavy atom. The van der Waals surface area contributed by atoms with Gasteiger partial charge < -0.3 is 4.52 Å². The summed E-state index contributed by atoms with van der Waals surface area (Å²) < 4.78 is 4.77. The molecule has 0 aromatic carbocycles. The second-order valence-corrected chi connectivity index (χ2v) is 1.89. The van der Waals surface area contributed by atoms with Gasteiger partial charge in [-0.05, 0) is 6.07 Å². The van der Waals surface area contributed by atoms with Crippen LogP contribution in [0.25, 0.3) is 0 Å². The molecule has 0 fully saturated rings. The van der Waals surface area contributed by atoms with E-state index in [4.69, 9.17) is 4.52 Å². The lowest BCUT2D eigenvalue weighted by molar-refractivity contribution is 0.111. The highest BCUT2D eigenvalue weighted by atomic mass is 31.0. The summed E-state index contributed by atoms with van der Waals surface area (Å²) in [5, 5.41) is 0. The average molecular weight is 155 g/mol. The highest BCUT2D eigenvalue weighted by Crippen LogP contribution is 2.11. The fraction of sp³-hybridized carbons (Fsp3) is 0. The van der Waals surface area contributed by atoms with E-state index < -0.39 is 0 Å². The van der Waals surface area contributed by atoms with Gasteiger partial charge in [-0.25, -0.2) is 0 Å². The summed E-state index contributed by atoms with van der Waals surface area (Å²) in [5.41, 5.74) is 0.375. The van der Waals surface area contributed by atoms with Gasteiger partial charge in [-0.15, -0.1) is 0 Å². The summed E-state index contributed by atoms with van der Waals surface area (Å²) in [6.07, 6.45) is 2.19. The number of nitrogens with zero attached hydrogens (tertiary/aromatic N) is 1. The Morgan fingerprint density at radius 2 is 2.50 bits per heavy atom. The second kappa shape index (κ2) is 3.28. The van der Waals surface area contributed by atoms with Gasteiger partial charge in [0.25, 0.3) is 0 Å². The first-order valence-electron chi connectivity index (χ1n) is 2.65. The lowest BCUT2D eigenvalue weighted by Crippen LogP contribution is -1.85. The SMILES string of the molecule is O=Cc1cc(OP)ccn1. The Bertz CT molecular complexity index is 239. The van der Waals surface area contributed by atoms with E-state index in [0.717, 1.165) is 0 Å². The molecule has 0 radical (unpaired) electrons. The third-order valence-electron chi connectivity index (χ3n) is 1.01. The summed E-state index contributed by atoms with van der Waals surface area (Å²) >= 11 is 0. The molecule has 1 aromatic heterocycles. The smallest absolute Gasteiger partial charge is 0.168 e. The predicted octanol–water partition coefficient (Wildman–Crippen LogP) is 1.06. The standard InChI is InChI=1S/C6H6NO2P/c8-4-5-3-6(9-10)1-2-7-5/h1-4H,10H2. The number of hydrogen-bond donors (Lipinski definition) is 0. The number of rotatable bonds is 2. The van der Waals surface area contributed by atoms with Crippen molar-refractivity contribution in [3.05, 3.63) is 24.0 Å². The normalized spacial score (nSPS) is 8.90. The van der Waals surface area contributed by atoms with Crippen LogP contribution in [0.2, 0.25) is 0 Å². The molecule has 1 aromatic rings. The number of aromatic nitrogens is 1. The molecule has 0 saturated carbocycles. The molecule has 0 aliphatic rings. The van der Waals surface area contributed by atoms with Crippen LogP contribution in [0, 0.1) is 0 Å². The molecule has 0 saturated heterocycles. The van der Waals surface area contributed by atoms with Gasteiger partial charge in [0.2, 0.25) is 0 Å². The van der Waals surface area contributed by atoms with Gasteiger partial charge >= 0.3 is 0 Å². The van der Waals surface area contributed by atoms with Gasteiger partial charge in [0.05, 0.1) is 9.47 Å². The summed E-state index contributed by atoms with van der Waals surface area (Å²) in [5.74, 6) is 0.613. The molecule has 0 bridgehead atoms. The van der Waals surface area contributed by atoms with Crippen molar-refractivity contribution in [3.8, 4) is 5.75 Å². The van der Waals surface area contributed by atoms with Crippen molar-refractivity contribution < 1.29 is 9.32 Å². The molecule has 0 aliphatic heterocycles. The Labute approximate surface area is 60.7 Å². The molecule has 0 spiro atoms. The maximum Gasteiger partial charge on any atom is 0.168 e. The summed E-state index contributed by atoms with van der Waals surface area (Å²) in [7, 11) is 2.09. The van der Waals surface area contributed by atoms with Crippen LogP contribution in [-0.2, 0) is 0 Å². The van der Waals surface area contributed by atoms with Crippen LogP contribution in [0.3, 0.4) is 0 Å². The zero-order valence-electron chi connectivity index (χ0n) is 5.15. The Morgan fingerprint density at radius 1 is 1.70 bits per heavy atom. The maximum absolute atomic E-state index is 10.1. The van der Waals surface area contributed by atoms with Crippen LogP contribution in [-0.4, -0.2) is 11.3 Å². The molecule has 0 amide bonds. The topological polar surface area (TPSA) is 39.2 Å². The van der Waals surface area contributed by atoms with E-state index in [-0.39, 0.29) is 0 Å². The summed E-state index contributed by atoms with van der Waals surface area (Å²) in [6.45, 7) is 0. The van der Waals surface area contributed by atoms with Gasteiger partial charge in [-0.2, -0.15) is 0 Å². The molecule has 0 N–H and O–H groups in total. The number of aldehydes is 1. The van der Waals surface area contributed by atoms with Crippen LogP contribution in [0.1, 0.15) is 10.5 Å². The molecule has 1 heterocycles. The van der Waals surface area contributed by atoms with Crippen molar-refractivity contribution in [1.82, 2.24) is 4.98 Å².